The molecule has 0 amide bonds. The second kappa shape index (κ2) is 3.41. The first-order valence-corrected chi connectivity index (χ1v) is 4.41. The van der Waals surface area contributed by atoms with Gasteiger partial charge in [0.2, 0.25) is 0 Å². The van der Waals surface area contributed by atoms with Crippen LogP contribution in [0.5, 0.6) is 0 Å². The molecular formula is C8H13BrN2. The highest BCUT2D eigenvalue weighted by Crippen LogP contribution is 2.18. The van der Waals surface area contributed by atoms with E-state index < -0.39 is 0 Å². The Kier molecular flexibility index (Phi) is 2.73. The molecule has 0 bridgehead atoms. The van der Waals surface area contributed by atoms with E-state index in [9.17, 15) is 0 Å². The lowest BCUT2D eigenvalue weighted by molar-refractivity contribution is 0.316. The monoisotopic (exact) mass is 216 g/mol. The third-order valence-corrected chi connectivity index (χ3v) is 2.36. The number of rotatable bonds is 2. The molecule has 1 aromatic heterocycles. The molecule has 0 radical (unpaired) electrons. The molecular weight excluding hydrogens is 204 g/mol. The SMILES string of the molecule is CC(c1ccc(Br)[nH]1)N(C)C. The molecule has 62 valence electrons. The van der Waals surface area contributed by atoms with Crippen LogP contribution in [-0.4, -0.2) is 24.0 Å². The molecule has 2 nitrogen and oxygen atoms in total. The Balaban J connectivity index is 2.76. The summed E-state index contributed by atoms with van der Waals surface area (Å²) in [7, 11) is 4.14. The van der Waals surface area contributed by atoms with E-state index in [4.69, 9.17) is 0 Å². The standard InChI is InChI=1S/C8H13BrN2/c1-6(11(2)3)7-4-5-8(9)10-7/h4-6,10H,1-3H3. The number of hydrogen-bond acceptors (Lipinski definition) is 1. The molecule has 0 aliphatic heterocycles. The van der Waals surface area contributed by atoms with Crippen molar-refractivity contribution in [3.05, 3.63) is 22.4 Å². The minimum atomic E-state index is 0.446. The van der Waals surface area contributed by atoms with Crippen molar-refractivity contribution in [1.82, 2.24) is 9.88 Å². The highest BCUT2D eigenvalue weighted by Gasteiger charge is 2.08. The van der Waals surface area contributed by atoms with E-state index in [0.29, 0.717) is 6.04 Å². The quantitative estimate of drug-likeness (QED) is 0.805. The van der Waals surface area contributed by atoms with Crippen molar-refractivity contribution in [2.24, 2.45) is 0 Å². The lowest BCUT2D eigenvalue weighted by Crippen LogP contribution is -2.16. The zero-order valence-corrected chi connectivity index (χ0v) is 8.64. The predicted molar refractivity (Wildman–Crippen MR) is 50.6 cm³/mol. The van der Waals surface area contributed by atoms with Crippen LogP contribution in [-0.2, 0) is 0 Å². The summed E-state index contributed by atoms with van der Waals surface area (Å²) in [4.78, 5) is 5.40. The first kappa shape index (κ1) is 8.81. The molecule has 0 saturated heterocycles. The van der Waals surface area contributed by atoms with Crippen LogP contribution in [0.4, 0.5) is 0 Å². The van der Waals surface area contributed by atoms with E-state index in [1.807, 2.05) is 6.07 Å². The van der Waals surface area contributed by atoms with Gasteiger partial charge in [-0.25, -0.2) is 0 Å². The van der Waals surface area contributed by atoms with Crippen LogP contribution >= 0.6 is 15.9 Å². The molecule has 0 saturated carbocycles. The van der Waals surface area contributed by atoms with Gasteiger partial charge in [0, 0.05) is 11.7 Å². The van der Waals surface area contributed by atoms with Crippen molar-refractivity contribution in [2.45, 2.75) is 13.0 Å². The summed E-state index contributed by atoms with van der Waals surface area (Å²) in [5, 5.41) is 0. The van der Waals surface area contributed by atoms with Gasteiger partial charge in [0.05, 0.1) is 4.60 Å². The molecule has 0 fully saturated rings. The Morgan fingerprint density at radius 1 is 1.45 bits per heavy atom. The maximum absolute atomic E-state index is 3.38. The summed E-state index contributed by atoms with van der Waals surface area (Å²) in [5.74, 6) is 0. The molecule has 11 heavy (non-hydrogen) atoms. The lowest BCUT2D eigenvalue weighted by Gasteiger charge is -2.17. The number of nitrogens with one attached hydrogen (secondary N) is 1. The number of nitrogens with zero attached hydrogens (tertiary/aromatic N) is 1. The molecule has 1 unspecified atom stereocenters. The molecule has 1 rings (SSSR count). The lowest BCUT2D eigenvalue weighted by atomic mass is 10.2. The van der Waals surface area contributed by atoms with E-state index in [1.165, 1.54) is 5.69 Å². The smallest absolute Gasteiger partial charge is 0.0822 e. The molecule has 1 aromatic rings. The molecule has 0 aliphatic rings. The Morgan fingerprint density at radius 2 is 2.09 bits per heavy atom. The average molecular weight is 217 g/mol. The third-order valence-electron chi connectivity index (χ3n) is 1.90. The molecule has 1 heterocycles. The van der Waals surface area contributed by atoms with Gasteiger partial charge in [0.25, 0.3) is 0 Å². The molecule has 1 N–H and O–H groups in total. The van der Waals surface area contributed by atoms with Crippen LogP contribution in [0.25, 0.3) is 0 Å². The van der Waals surface area contributed by atoms with Crippen LogP contribution in [0.15, 0.2) is 16.7 Å². The van der Waals surface area contributed by atoms with E-state index >= 15 is 0 Å². The molecule has 0 spiro atoms. The molecule has 0 aromatic carbocycles. The van der Waals surface area contributed by atoms with Gasteiger partial charge < -0.3 is 9.88 Å². The first-order valence-electron chi connectivity index (χ1n) is 3.62. The number of halogens is 1. The summed E-state index contributed by atoms with van der Waals surface area (Å²) in [6, 6.07) is 4.56. The fraction of sp³-hybridized carbons (Fsp3) is 0.500. The van der Waals surface area contributed by atoms with Crippen LogP contribution in [0, 0.1) is 0 Å². The third kappa shape index (κ3) is 2.07. The largest absolute Gasteiger partial charge is 0.352 e. The number of aromatic amines is 1. The summed E-state index contributed by atoms with van der Waals surface area (Å²) >= 11 is 3.38. The molecule has 3 heteroatoms. The minimum absolute atomic E-state index is 0.446. The highest BCUT2D eigenvalue weighted by molar-refractivity contribution is 9.10. The fourth-order valence-corrected chi connectivity index (χ4v) is 1.27. The predicted octanol–water partition coefficient (Wildman–Crippen LogP) is 2.40. The Morgan fingerprint density at radius 3 is 2.45 bits per heavy atom. The van der Waals surface area contributed by atoms with Gasteiger partial charge in [-0.05, 0) is 49.1 Å². The van der Waals surface area contributed by atoms with Crippen molar-refractivity contribution < 1.29 is 0 Å². The Bertz CT molecular complexity index is 230. The summed E-state index contributed by atoms with van der Waals surface area (Å²) in [5.41, 5.74) is 1.24. The van der Waals surface area contributed by atoms with Gasteiger partial charge in [-0.1, -0.05) is 0 Å². The zero-order valence-electron chi connectivity index (χ0n) is 7.06. The minimum Gasteiger partial charge on any atom is -0.352 e. The van der Waals surface area contributed by atoms with E-state index in [-0.39, 0.29) is 0 Å². The summed E-state index contributed by atoms with van der Waals surface area (Å²) in [6.07, 6.45) is 0. The number of aromatic nitrogens is 1. The van der Waals surface area contributed by atoms with Gasteiger partial charge >= 0.3 is 0 Å². The van der Waals surface area contributed by atoms with E-state index in [2.05, 4.69) is 52.9 Å². The van der Waals surface area contributed by atoms with Gasteiger partial charge in [-0.15, -0.1) is 0 Å². The van der Waals surface area contributed by atoms with Gasteiger partial charge in [0.1, 0.15) is 0 Å². The van der Waals surface area contributed by atoms with Gasteiger partial charge in [0.15, 0.2) is 0 Å². The van der Waals surface area contributed by atoms with Gasteiger partial charge in [-0.3, -0.25) is 0 Å². The Labute approximate surface area is 75.7 Å². The van der Waals surface area contributed by atoms with Gasteiger partial charge in [-0.2, -0.15) is 0 Å². The normalized spacial score (nSPS) is 13.9. The van der Waals surface area contributed by atoms with Crippen molar-refractivity contribution in [1.29, 1.82) is 0 Å². The van der Waals surface area contributed by atoms with Crippen molar-refractivity contribution >= 4 is 15.9 Å². The van der Waals surface area contributed by atoms with Crippen LogP contribution in [0.1, 0.15) is 18.7 Å². The van der Waals surface area contributed by atoms with Crippen molar-refractivity contribution in [3.63, 3.8) is 0 Å². The summed E-state index contributed by atoms with van der Waals surface area (Å²) in [6.45, 7) is 2.16. The van der Waals surface area contributed by atoms with Crippen molar-refractivity contribution in [2.75, 3.05) is 14.1 Å². The van der Waals surface area contributed by atoms with Crippen LogP contribution < -0.4 is 0 Å². The van der Waals surface area contributed by atoms with E-state index in [0.717, 1.165) is 4.60 Å². The highest BCUT2D eigenvalue weighted by atomic mass is 79.9. The topological polar surface area (TPSA) is 19.0 Å². The second-order valence-corrected chi connectivity index (χ2v) is 3.76. The summed E-state index contributed by atoms with van der Waals surface area (Å²) < 4.78 is 1.04. The zero-order chi connectivity index (χ0) is 8.43. The van der Waals surface area contributed by atoms with E-state index in [1.54, 1.807) is 0 Å². The molecule has 0 aliphatic carbocycles. The first-order chi connectivity index (χ1) is 5.11. The number of hydrogen-bond donors (Lipinski definition) is 1. The fourth-order valence-electron chi connectivity index (χ4n) is 0.906. The maximum atomic E-state index is 3.38. The molecule has 1 atom stereocenters. The second-order valence-electron chi connectivity index (χ2n) is 2.90. The number of H-pyrrole nitrogens is 1. The average Bonchev–Trinajstić information content (AvgIpc) is 2.34. The Hall–Kier alpha value is -0.280. The van der Waals surface area contributed by atoms with Crippen molar-refractivity contribution in [3.8, 4) is 0 Å². The van der Waals surface area contributed by atoms with Crippen LogP contribution in [0.2, 0.25) is 0 Å². The maximum Gasteiger partial charge on any atom is 0.0822 e. The van der Waals surface area contributed by atoms with Crippen LogP contribution in [0.3, 0.4) is 0 Å².